The highest BCUT2D eigenvalue weighted by Crippen LogP contribution is 2.51. The van der Waals surface area contributed by atoms with E-state index in [2.05, 4.69) is 17.4 Å². The summed E-state index contributed by atoms with van der Waals surface area (Å²) in [7, 11) is 0. The van der Waals surface area contributed by atoms with Crippen molar-refractivity contribution in [2.75, 3.05) is 25.9 Å². The molecule has 0 aromatic carbocycles. The Morgan fingerprint density at radius 1 is 1.42 bits per heavy atom. The Balaban J connectivity index is 2.10. The first-order chi connectivity index (χ1) is 5.67. The van der Waals surface area contributed by atoms with Gasteiger partial charge in [0.15, 0.2) is 0 Å². The van der Waals surface area contributed by atoms with Crippen LogP contribution in [0.25, 0.3) is 0 Å². The summed E-state index contributed by atoms with van der Waals surface area (Å²) < 4.78 is 0. The van der Waals surface area contributed by atoms with Gasteiger partial charge in [-0.3, -0.25) is 0 Å². The molecule has 2 rings (SSSR count). The molecule has 1 atom stereocenters. The molecule has 68 valence electrons. The molecule has 0 aromatic rings. The standard InChI is InChI=1S/C9H16NPS/c1-11(12)7-4-9(8-11)10-5-2-3-6-10/h8H,2-7H2,1H3. The van der Waals surface area contributed by atoms with Crippen molar-refractivity contribution in [3.8, 4) is 0 Å². The zero-order chi connectivity index (χ0) is 8.60. The molecule has 0 spiro atoms. The van der Waals surface area contributed by atoms with Crippen LogP contribution in [-0.4, -0.2) is 30.8 Å². The van der Waals surface area contributed by atoms with E-state index in [1.165, 1.54) is 38.5 Å². The second kappa shape index (κ2) is 3.16. The Labute approximate surface area is 79.8 Å². The summed E-state index contributed by atoms with van der Waals surface area (Å²) in [5.41, 5.74) is 1.57. The number of likely N-dealkylation sites (tertiary alicyclic amines) is 1. The molecule has 1 nitrogen and oxygen atoms in total. The molecule has 0 amide bonds. The van der Waals surface area contributed by atoms with E-state index in [9.17, 15) is 0 Å². The Morgan fingerprint density at radius 2 is 2.08 bits per heavy atom. The molecule has 0 radical (unpaired) electrons. The van der Waals surface area contributed by atoms with Gasteiger partial charge in [-0.05, 0) is 43.9 Å². The normalized spacial score (nSPS) is 35.8. The van der Waals surface area contributed by atoms with Gasteiger partial charge in [-0.25, -0.2) is 0 Å². The highest BCUT2D eigenvalue weighted by atomic mass is 32.4. The second-order valence-corrected chi connectivity index (χ2v) is 9.52. The molecule has 2 aliphatic heterocycles. The lowest BCUT2D eigenvalue weighted by atomic mass is 10.3. The quantitative estimate of drug-likeness (QED) is 0.599. The fourth-order valence-electron chi connectivity index (χ4n) is 2.02. The first-order valence-corrected chi connectivity index (χ1v) is 8.21. The van der Waals surface area contributed by atoms with Gasteiger partial charge in [-0.1, -0.05) is 11.8 Å². The lowest BCUT2D eigenvalue weighted by molar-refractivity contribution is 0.417. The maximum Gasteiger partial charge on any atom is 0.0175 e. The van der Waals surface area contributed by atoms with Gasteiger partial charge >= 0.3 is 0 Å². The number of hydrogen-bond donors (Lipinski definition) is 0. The Morgan fingerprint density at radius 3 is 2.58 bits per heavy atom. The Hall–Kier alpha value is 0.190. The van der Waals surface area contributed by atoms with E-state index in [4.69, 9.17) is 11.8 Å². The van der Waals surface area contributed by atoms with Crippen LogP contribution in [-0.2, 0) is 11.8 Å². The fraction of sp³-hybridized carbons (Fsp3) is 0.778. The summed E-state index contributed by atoms with van der Waals surface area (Å²) in [5.74, 6) is 2.41. The minimum absolute atomic E-state index is 1.02. The molecular formula is C9H16NPS. The summed E-state index contributed by atoms with van der Waals surface area (Å²) in [5, 5.41) is 0. The van der Waals surface area contributed by atoms with E-state index in [-0.39, 0.29) is 0 Å². The third kappa shape index (κ3) is 1.75. The Bertz CT molecular complexity index is 253. The second-order valence-electron chi connectivity index (χ2n) is 3.96. The third-order valence-electron chi connectivity index (χ3n) is 2.75. The van der Waals surface area contributed by atoms with Crippen LogP contribution in [0, 0.1) is 0 Å². The van der Waals surface area contributed by atoms with Crippen molar-refractivity contribution in [1.82, 2.24) is 4.90 Å². The summed E-state index contributed by atoms with van der Waals surface area (Å²) in [6, 6.07) is -1.02. The summed E-state index contributed by atoms with van der Waals surface area (Å²) in [4.78, 5) is 2.54. The van der Waals surface area contributed by atoms with Crippen LogP contribution in [0.2, 0.25) is 0 Å². The molecule has 0 saturated carbocycles. The molecule has 0 bridgehead atoms. The van der Waals surface area contributed by atoms with Gasteiger partial charge in [0.25, 0.3) is 0 Å². The van der Waals surface area contributed by atoms with Crippen LogP contribution in [0.1, 0.15) is 19.3 Å². The van der Waals surface area contributed by atoms with Crippen molar-refractivity contribution < 1.29 is 0 Å². The van der Waals surface area contributed by atoms with Crippen molar-refractivity contribution >= 4 is 17.8 Å². The van der Waals surface area contributed by atoms with Crippen LogP contribution in [0.4, 0.5) is 0 Å². The van der Waals surface area contributed by atoms with E-state index < -0.39 is 6.04 Å². The van der Waals surface area contributed by atoms with E-state index in [1.807, 2.05) is 0 Å². The zero-order valence-electron chi connectivity index (χ0n) is 7.62. The molecule has 0 N–H and O–H groups in total. The summed E-state index contributed by atoms with van der Waals surface area (Å²) in [6.07, 6.45) is 5.29. The molecule has 0 aromatic heterocycles. The van der Waals surface area contributed by atoms with Gasteiger partial charge in [-0.15, -0.1) is 0 Å². The average Bonchev–Trinajstić information content (AvgIpc) is 2.55. The highest BCUT2D eigenvalue weighted by Gasteiger charge is 2.22. The number of nitrogens with zero attached hydrogens (tertiary/aromatic N) is 1. The topological polar surface area (TPSA) is 3.24 Å². The number of allylic oxidation sites excluding steroid dienone is 1. The van der Waals surface area contributed by atoms with Gasteiger partial charge in [-0.2, -0.15) is 0 Å². The minimum atomic E-state index is -1.02. The van der Waals surface area contributed by atoms with Crippen LogP contribution in [0.5, 0.6) is 0 Å². The van der Waals surface area contributed by atoms with E-state index in [1.54, 1.807) is 5.70 Å². The van der Waals surface area contributed by atoms with E-state index in [0.717, 1.165) is 0 Å². The molecule has 0 aliphatic carbocycles. The Kier molecular flexibility index (Phi) is 2.31. The van der Waals surface area contributed by atoms with E-state index >= 15 is 0 Å². The van der Waals surface area contributed by atoms with Gasteiger partial charge < -0.3 is 4.90 Å². The van der Waals surface area contributed by atoms with Crippen molar-refractivity contribution in [2.45, 2.75) is 19.3 Å². The lowest BCUT2D eigenvalue weighted by Gasteiger charge is -2.17. The number of hydrogen-bond acceptors (Lipinski definition) is 2. The van der Waals surface area contributed by atoms with Gasteiger partial charge in [0.1, 0.15) is 0 Å². The highest BCUT2D eigenvalue weighted by molar-refractivity contribution is 8.15. The zero-order valence-corrected chi connectivity index (χ0v) is 9.33. The minimum Gasteiger partial charge on any atom is -0.375 e. The maximum absolute atomic E-state index is 5.53. The van der Waals surface area contributed by atoms with Crippen molar-refractivity contribution in [3.05, 3.63) is 11.5 Å². The molecule has 1 saturated heterocycles. The van der Waals surface area contributed by atoms with Gasteiger partial charge in [0, 0.05) is 18.8 Å². The lowest BCUT2D eigenvalue weighted by Crippen LogP contribution is -2.17. The predicted molar refractivity (Wildman–Crippen MR) is 58.6 cm³/mol. The monoisotopic (exact) mass is 201 g/mol. The summed E-state index contributed by atoms with van der Waals surface area (Å²) in [6.45, 7) is 4.83. The van der Waals surface area contributed by atoms with Crippen LogP contribution >= 0.6 is 6.04 Å². The van der Waals surface area contributed by atoms with Crippen LogP contribution < -0.4 is 0 Å². The van der Waals surface area contributed by atoms with Gasteiger partial charge in [0.05, 0.1) is 0 Å². The third-order valence-corrected chi connectivity index (χ3v) is 5.57. The van der Waals surface area contributed by atoms with Crippen molar-refractivity contribution in [3.63, 3.8) is 0 Å². The largest absolute Gasteiger partial charge is 0.375 e. The predicted octanol–water partition coefficient (Wildman–Crippen LogP) is 2.44. The van der Waals surface area contributed by atoms with Crippen LogP contribution in [0.15, 0.2) is 11.5 Å². The molecular weight excluding hydrogens is 185 g/mol. The van der Waals surface area contributed by atoms with E-state index in [0.29, 0.717) is 0 Å². The van der Waals surface area contributed by atoms with Crippen molar-refractivity contribution in [2.24, 2.45) is 0 Å². The number of rotatable bonds is 1. The van der Waals surface area contributed by atoms with Gasteiger partial charge in [0.2, 0.25) is 0 Å². The van der Waals surface area contributed by atoms with Crippen LogP contribution in [0.3, 0.4) is 0 Å². The molecule has 12 heavy (non-hydrogen) atoms. The average molecular weight is 201 g/mol. The molecule has 2 aliphatic rings. The SMILES string of the molecule is CP1(=S)C=C(N2CCCC2)CC1. The smallest absolute Gasteiger partial charge is 0.0175 e. The molecule has 2 heterocycles. The maximum atomic E-state index is 5.53. The molecule has 1 unspecified atom stereocenters. The first kappa shape index (κ1) is 8.77. The van der Waals surface area contributed by atoms with Crippen molar-refractivity contribution in [1.29, 1.82) is 0 Å². The first-order valence-electron chi connectivity index (χ1n) is 4.70. The summed E-state index contributed by atoms with van der Waals surface area (Å²) >= 11 is 5.53. The molecule has 3 heteroatoms. The molecule has 1 fully saturated rings. The fourth-order valence-corrected chi connectivity index (χ4v) is 4.39.